The van der Waals surface area contributed by atoms with Crippen molar-refractivity contribution in [3.05, 3.63) is 109 Å². The molecule has 0 aliphatic heterocycles. The molecule has 236 valence electrons. The van der Waals surface area contributed by atoms with Gasteiger partial charge in [-0.25, -0.2) is 4.79 Å². The van der Waals surface area contributed by atoms with Gasteiger partial charge in [-0.1, -0.05) is 89.7 Å². The average molecular weight is 606 g/mol. The molecule has 0 aliphatic rings. The van der Waals surface area contributed by atoms with Gasteiger partial charge in [0.1, 0.15) is 5.75 Å². The summed E-state index contributed by atoms with van der Waals surface area (Å²) >= 11 is 0. The van der Waals surface area contributed by atoms with Crippen LogP contribution in [0.4, 0.5) is 17.1 Å². The van der Waals surface area contributed by atoms with Crippen LogP contribution in [-0.2, 0) is 21.5 Å². The first kappa shape index (κ1) is 33.4. The number of anilines is 1. The van der Waals surface area contributed by atoms with E-state index in [9.17, 15) is 4.79 Å². The SMILES string of the molecule is C=CC(=O)OCCCCCCOc1ccc(CNc2ccc(N=Nc3ccc(C(C)(C)C(C)(C)C)cc3)c3ccccc23)cc1. The molecule has 4 aromatic rings. The van der Waals surface area contributed by atoms with Crippen molar-refractivity contribution < 1.29 is 14.3 Å². The highest BCUT2D eigenvalue weighted by atomic mass is 16.5. The lowest BCUT2D eigenvalue weighted by Crippen LogP contribution is -2.33. The van der Waals surface area contributed by atoms with Crippen LogP contribution in [0.25, 0.3) is 10.8 Å². The van der Waals surface area contributed by atoms with Crippen LogP contribution in [0, 0.1) is 5.41 Å². The number of carbonyl (C=O) groups is 1. The fraction of sp³-hybridized carbons (Fsp3) is 0.359. The van der Waals surface area contributed by atoms with Crippen LogP contribution in [0.5, 0.6) is 5.75 Å². The summed E-state index contributed by atoms with van der Waals surface area (Å²) in [4.78, 5) is 11.0. The zero-order chi connectivity index (χ0) is 32.3. The minimum atomic E-state index is -0.362. The summed E-state index contributed by atoms with van der Waals surface area (Å²) in [7, 11) is 0. The summed E-state index contributed by atoms with van der Waals surface area (Å²) in [6.07, 6.45) is 5.04. The third-order valence-electron chi connectivity index (χ3n) is 8.76. The Balaban J connectivity index is 1.30. The highest BCUT2D eigenvalue weighted by Crippen LogP contribution is 2.41. The molecule has 0 atom stereocenters. The second-order valence-corrected chi connectivity index (χ2v) is 12.9. The van der Waals surface area contributed by atoms with Gasteiger partial charge in [0.25, 0.3) is 0 Å². The van der Waals surface area contributed by atoms with Crippen molar-refractivity contribution in [2.24, 2.45) is 15.6 Å². The Bertz CT molecular complexity index is 1580. The lowest BCUT2D eigenvalue weighted by atomic mass is 9.65. The Hall–Kier alpha value is -4.45. The van der Waals surface area contributed by atoms with Crippen LogP contribution in [-0.4, -0.2) is 19.2 Å². The van der Waals surface area contributed by atoms with Gasteiger partial charge < -0.3 is 14.8 Å². The zero-order valence-electron chi connectivity index (χ0n) is 27.4. The maximum Gasteiger partial charge on any atom is 0.330 e. The summed E-state index contributed by atoms with van der Waals surface area (Å²) in [6, 6.07) is 29.0. The number of hydrogen-bond donors (Lipinski definition) is 1. The first-order valence-electron chi connectivity index (χ1n) is 15.9. The lowest BCUT2D eigenvalue weighted by molar-refractivity contribution is -0.137. The van der Waals surface area contributed by atoms with Crippen molar-refractivity contribution >= 4 is 33.8 Å². The number of carbonyl (C=O) groups excluding carboxylic acids is 1. The molecule has 0 aromatic heterocycles. The Morgan fingerprint density at radius 1 is 0.778 bits per heavy atom. The van der Waals surface area contributed by atoms with Gasteiger partial charge in [-0.3, -0.25) is 0 Å². The van der Waals surface area contributed by atoms with Gasteiger partial charge in [0.2, 0.25) is 0 Å². The first-order valence-corrected chi connectivity index (χ1v) is 15.9. The molecule has 1 N–H and O–H groups in total. The average Bonchev–Trinajstić information content (AvgIpc) is 3.04. The maximum atomic E-state index is 11.0. The molecule has 0 saturated carbocycles. The fourth-order valence-corrected chi connectivity index (χ4v) is 4.89. The molecule has 0 fully saturated rings. The summed E-state index contributed by atoms with van der Waals surface area (Å²) < 4.78 is 10.9. The normalized spacial score (nSPS) is 11.9. The quantitative estimate of drug-likeness (QED) is 0.0633. The Kier molecular flexibility index (Phi) is 11.5. The number of rotatable bonds is 15. The van der Waals surface area contributed by atoms with E-state index in [0.717, 1.165) is 59.3 Å². The first-order chi connectivity index (χ1) is 21.6. The molecule has 4 aromatic carbocycles. The van der Waals surface area contributed by atoms with Gasteiger partial charge >= 0.3 is 5.97 Å². The smallest absolute Gasteiger partial charge is 0.330 e. The molecule has 6 nitrogen and oxygen atoms in total. The number of unbranched alkanes of at least 4 members (excludes halogenated alkanes) is 3. The van der Waals surface area contributed by atoms with Gasteiger partial charge in [-0.2, -0.15) is 5.11 Å². The minimum absolute atomic E-state index is 0.0464. The van der Waals surface area contributed by atoms with E-state index in [4.69, 9.17) is 9.47 Å². The number of benzene rings is 4. The molecule has 6 heteroatoms. The number of azo groups is 1. The van der Waals surface area contributed by atoms with Crippen LogP contribution >= 0.6 is 0 Å². The number of nitrogens with zero attached hydrogens (tertiary/aromatic N) is 2. The van der Waals surface area contributed by atoms with Crippen LogP contribution in [0.1, 0.15) is 71.4 Å². The van der Waals surface area contributed by atoms with E-state index in [2.05, 4.69) is 111 Å². The second-order valence-electron chi connectivity index (χ2n) is 12.9. The molecule has 0 unspecified atom stereocenters. The summed E-state index contributed by atoms with van der Waals surface area (Å²) in [6.45, 7) is 16.6. The van der Waals surface area contributed by atoms with Crippen molar-refractivity contribution in [2.45, 2.75) is 72.3 Å². The van der Waals surface area contributed by atoms with E-state index in [1.165, 1.54) is 17.2 Å². The van der Waals surface area contributed by atoms with Crippen molar-refractivity contribution in [2.75, 3.05) is 18.5 Å². The number of esters is 1. The molecule has 0 heterocycles. The summed E-state index contributed by atoms with van der Waals surface area (Å²) in [5.41, 5.74) is 5.39. The van der Waals surface area contributed by atoms with Crippen LogP contribution in [0.15, 0.2) is 108 Å². The third-order valence-corrected chi connectivity index (χ3v) is 8.76. The molecular weight excluding hydrogens is 558 g/mol. The van der Waals surface area contributed by atoms with Gasteiger partial charge in [0.05, 0.1) is 24.6 Å². The second kappa shape index (κ2) is 15.5. The van der Waals surface area contributed by atoms with Crippen molar-refractivity contribution in [3.63, 3.8) is 0 Å². The van der Waals surface area contributed by atoms with E-state index in [1.54, 1.807) is 0 Å². The molecule has 0 amide bonds. The van der Waals surface area contributed by atoms with Crippen LogP contribution < -0.4 is 10.1 Å². The molecular formula is C39H47N3O3. The minimum Gasteiger partial charge on any atom is -0.494 e. The highest BCUT2D eigenvalue weighted by Gasteiger charge is 2.34. The zero-order valence-corrected chi connectivity index (χ0v) is 27.4. The van der Waals surface area contributed by atoms with Crippen molar-refractivity contribution in [1.29, 1.82) is 0 Å². The standard InChI is InChI=1S/C39H47N3O3/c1-7-37(43)45-27-13-9-8-12-26-44-32-22-16-29(17-23-32)28-40-35-24-25-36(34-15-11-10-14-33(34)35)42-41-31-20-18-30(19-21-31)39(5,6)38(2,3)4/h7,10-11,14-25,40H,1,8-9,12-13,26-28H2,2-6H3. The molecule has 0 radical (unpaired) electrons. The topological polar surface area (TPSA) is 72.3 Å². The maximum absolute atomic E-state index is 11.0. The number of fused-ring (bicyclic) bond motifs is 1. The number of hydrogen-bond acceptors (Lipinski definition) is 6. The van der Waals surface area contributed by atoms with Gasteiger partial charge in [0, 0.05) is 29.1 Å². The Morgan fingerprint density at radius 3 is 2.11 bits per heavy atom. The van der Waals surface area contributed by atoms with Gasteiger partial charge in [-0.15, -0.1) is 5.11 Å². The summed E-state index contributed by atoms with van der Waals surface area (Å²) in [5, 5.41) is 15.0. The fourth-order valence-electron chi connectivity index (χ4n) is 4.89. The largest absolute Gasteiger partial charge is 0.494 e. The van der Waals surface area contributed by atoms with Crippen LogP contribution in [0.2, 0.25) is 0 Å². The van der Waals surface area contributed by atoms with Crippen LogP contribution in [0.3, 0.4) is 0 Å². The lowest BCUT2D eigenvalue weighted by Gasteiger charge is -2.39. The molecule has 0 bridgehead atoms. The molecule has 0 aliphatic carbocycles. The molecule has 0 spiro atoms. The number of nitrogens with one attached hydrogen (secondary N) is 1. The van der Waals surface area contributed by atoms with E-state index in [1.807, 2.05) is 30.3 Å². The molecule has 45 heavy (non-hydrogen) atoms. The van der Waals surface area contributed by atoms with E-state index in [-0.39, 0.29) is 16.8 Å². The monoisotopic (exact) mass is 605 g/mol. The molecule has 0 saturated heterocycles. The van der Waals surface area contributed by atoms with E-state index in [0.29, 0.717) is 19.8 Å². The van der Waals surface area contributed by atoms with Gasteiger partial charge in [0.15, 0.2) is 0 Å². The van der Waals surface area contributed by atoms with Crippen molar-refractivity contribution in [1.82, 2.24) is 0 Å². The highest BCUT2D eigenvalue weighted by molar-refractivity contribution is 6.00. The third kappa shape index (κ3) is 9.27. The van der Waals surface area contributed by atoms with Gasteiger partial charge in [-0.05, 0) is 84.0 Å². The van der Waals surface area contributed by atoms with E-state index < -0.39 is 0 Å². The number of ether oxygens (including phenoxy) is 2. The van der Waals surface area contributed by atoms with E-state index >= 15 is 0 Å². The Labute approximate surface area is 268 Å². The van der Waals surface area contributed by atoms with Crippen molar-refractivity contribution in [3.8, 4) is 5.75 Å². The Morgan fingerprint density at radius 2 is 1.44 bits per heavy atom. The predicted octanol–water partition coefficient (Wildman–Crippen LogP) is 10.9. The molecule has 4 rings (SSSR count). The summed E-state index contributed by atoms with van der Waals surface area (Å²) in [5.74, 6) is 0.505. The predicted molar refractivity (Wildman–Crippen MR) is 186 cm³/mol.